The highest BCUT2D eigenvalue weighted by molar-refractivity contribution is 5.84. The standard InChI is InChI=1S/C32H29N7/c1-2-6-23(7-3-1)19-37-15-11-27(22-37)39-21-26(17-36-39)25-16-34-31-35-18-29(38(31)20-25)32(12-13-32)28-10-4-8-24-9-5-14-33-30(24)28/h1-10,14,16-18,20-21,27H,11-13,15,19,22H2. The van der Waals surface area contributed by atoms with Crippen LogP contribution < -0.4 is 0 Å². The van der Waals surface area contributed by atoms with E-state index in [0.29, 0.717) is 6.04 Å². The predicted molar refractivity (Wildman–Crippen MR) is 151 cm³/mol. The van der Waals surface area contributed by atoms with E-state index < -0.39 is 0 Å². The van der Waals surface area contributed by atoms with Crippen LogP contribution >= 0.6 is 0 Å². The predicted octanol–water partition coefficient (Wildman–Crippen LogP) is 5.67. The first kappa shape index (κ1) is 22.6. The first-order chi connectivity index (χ1) is 19.3. The Kier molecular flexibility index (Phi) is 5.13. The summed E-state index contributed by atoms with van der Waals surface area (Å²) in [6.07, 6.45) is 15.4. The number of hydrogen-bond donors (Lipinski definition) is 0. The number of hydrogen-bond acceptors (Lipinski definition) is 5. The molecule has 4 aromatic heterocycles. The van der Waals surface area contributed by atoms with E-state index in [1.807, 2.05) is 30.9 Å². The van der Waals surface area contributed by atoms with Crippen molar-refractivity contribution in [1.29, 1.82) is 0 Å². The molecule has 1 saturated carbocycles. The zero-order valence-corrected chi connectivity index (χ0v) is 21.7. The highest BCUT2D eigenvalue weighted by Crippen LogP contribution is 2.54. The van der Waals surface area contributed by atoms with E-state index in [9.17, 15) is 0 Å². The van der Waals surface area contributed by atoms with Crippen molar-refractivity contribution in [2.24, 2.45) is 0 Å². The number of imidazole rings is 1. The summed E-state index contributed by atoms with van der Waals surface area (Å²) in [6.45, 7) is 3.09. The Hall–Kier alpha value is -4.36. The summed E-state index contributed by atoms with van der Waals surface area (Å²) in [6, 6.07) is 21.7. The van der Waals surface area contributed by atoms with Crippen LogP contribution in [0.5, 0.6) is 0 Å². The first-order valence-corrected chi connectivity index (χ1v) is 13.8. The van der Waals surface area contributed by atoms with Crippen molar-refractivity contribution >= 4 is 16.7 Å². The lowest BCUT2D eigenvalue weighted by molar-refractivity contribution is 0.312. The van der Waals surface area contributed by atoms with Gasteiger partial charge in [-0.1, -0.05) is 54.6 Å². The van der Waals surface area contributed by atoms with Crippen molar-refractivity contribution in [3.05, 3.63) is 115 Å². The number of para-hydroxylation sites is 1. The smallest absolute Gasteiger partial charge is 0.233 e. The molecule has 2 aliphatic rings. The maximum absolute atomic E-state index is 4.78. The molecule has 0 spiro atoms. The Bertz CT molecular complexity index is 1790. The van der Waals surface area contributed by atoms with Crippen molar-refractivity contribution in [3.63, 3.8) is 0 Å². The Balaban J connectivity index is 1.09. The summed E-state index contributed by atoms with van der Waals surface area (Å²) < 4.78 is 4.32. The van der Waals surface area contributed by atoms with Crippen molar-refractivity contribution < 1.29 is 0 Å². The molecule has 1 unspecified atom stereocenters. The van der Waals surface area contributed by atoms with E-state index in [1.165, 1.54) is 22.2 Å². The summed E-state index contributed by atoms with van der Waals surface area (Å²) in [5.74, 6) is 0.730. The van der Waals surface area contributed by atoms with Crippen molar-refractivity contribution in [2.45, 2.75) is 37.3 Å². The molecule has 2 fully saturated rings. The van der Waals surface area contributed by atoms with Gasteiger partial charge in [-0.3, -0.25) is 19.0 Å². The molecule has 1 aliphatic carbocycles. The van der Waals surface area contributed by atoms with E-state index in [2.05, 4.69) is 86.0 Å². The molecular weight excluding hydrogens is 482 g/mol. The van der Waals surface area contributed by atoms with Gasteiger partial charge in [0.2, 0.25) is 5.78 Å². The molecular formula is C32H29N7. The Labute approximate surface area is 226 Å². The van der Waals surface area contributed by atoms with Crippen LogP contribution in [0, 0.1) is 0 Å². The normalized spacial score (nSPS) is 18.7. The molecule has 7 nitrogen and oxygen atoms in total. The number of benzene rings is 2. The molecule has 1 aliphatic heterocycles. The minimum absolute atomic E-state index is 0.0795. The van der Waals surface area contributed by atoms with Gasteiger partial charge in [-0.2, -0.15) is 5.10 Å². The summed E-state index contributed by atoms with van der Waals surface area (Å²) in [5, 5.41) is 5.95. The number of aromatic nitrogens is 6. The molecule has 0 N–H and O–H groups in total. The zero-order valence-electron chi connectivity index (χ0n) is 21.7. The Morgan fingerprint density at radius 3 is 2.56 bits per heavy atom. The number of nitrogens with zero attached hydrogens (tertiary/aromatic N) is 7. The molecule has 0 bridgehead atoms. The minimum atomic E-state index is -0.0795. The van der Waals surface area contributed by atoms with E-state index in [0.717, 1.165) is 61.3 Å². The molecule has 0 amide bonds. The molecule has 2 aromatic carbocycles. The highest BCUT2D eigenvalue weighted by atomic mass is 15.3. The second-order valence-corrected chi connectivity index (χ2v) is 11.0. The van der Waals surface area contributed by atoms with Gasteiger partial charge in [0, 0.05) is 66.3 Å². The fourth-order valence-electron chi connectivity index (χ4n) is 6.36. The van der Waals surface area contributed by atoms with Crippen LogP contribution in [-0.4, -0.2) is 47.1 Å². The van der Waals surface area contributed by atoms with Gasteiger partial charge >= 0.3 is 0 Å². The van der Waals surface area contributed by atoms with Crippen LogP contribution in [0.15, 0.2) is 97.8 Å². The van der Waals surface area contributed by atoms with Crippen LogP contribution in [0.4, 0.5) is 0 Å². The van der Waals surface area contributed by atoms with Crippen LogP contribution in [-0.2, 0) is 12.0 Å². The second kappa shape index (κ2) is 8.85. The van der Waals surface area contributed by atoms with Gasteiger partial charge in [0.05, 0.1) is 29.6 Å². The molecule has 6 aromatic rings. The summed E-state index contributed by atoms with van der Waals surface area (Å²) in [7, 11) is 0. The topological polar surface area (TPSA) is 64.1 Å². The van der Waals surface area contributed by atoms with Crippen LogP contribution in [0.1, 0.15) is 42.1 Å². The van der Waals surface area contributed by atoms with Crippen molar-refractivity contribution in [1.82, 2.24) is 34.0 Å². The molecule has 0 radical (unpaired) electrons. The monoisotopic (exact) mass is 511 g/mol. The maximum atomic E-state index is 4.78. The third-order valence-electron chi connectivity index (χ3n) is 8.56. The molecule has 1 saturated heterocycles. The molecule has 192 valence electrons. The minimum Gasteiger partial charge on any atom is -0.297 e. The molecule has 39 heavy (non-hydrogen) atoms. The van der Waals surface area contributed by atoms with Crippen molar-refractivity contribution in [3.8, 4) is 11.1 Å². The fraction of sp³-hybridized carbons (Fsp3) is 0.250. The molecule has 7 heteroatoms. The van der Waals surface area contributed by atoms with E-state index >= 15 is 0 Å². The highest BCUT2D eigenvalue weighted by Gasteiger charge is 2.49. The largest absolute Gasteiger partial charge is 0.297 e. The van der Waals surface area contributed by atoms with E-state index in [4.69, 9.17) is 15.1 Å². The fourth-order valence-corrected chi connectivity index (χ4v) is 6.36. The van der Waals surface area contributed by atoms with Crippen LogP contribution in [0.25, 0.3) is 27.8 Å². The third kappa shape index (κ3) is 3.84. The zero-order chi connectivity index (χ0) is 25.8. The van der Waals surface area contributed by atoms with E-state index in [1.54, 1.807) is 0 Å². The quantitative estimate of drug-likeness (QED) is 0.288. The van der Waals surface area contributed by atoms with E-state index in [-0.39, 0.29) is 5.41 Å². The third-order valence-corrected chi connectivity index (χ3v) is 8.56. The molecule has 1 atom stereocenters. The maximum Gasteiger partial charge on any atom is 0.233 e. The van der Waals surface area contributed by atoms with Gasteiger partial charge in [-0.05, 0) is 36.5 Å². The van der Waals surface area contributed by atoms with Gasteiger partial charge < -0.3 is 0 Å². The Morgan fingerprint density at radius 2 is 1.67 bits per heavy atom. The lowest BCUT2D eigenvalue weighted by Crippen LogP contribution is -2.21. The second-order valence-electron chi connectivity index (χ2n) is 11.0. The van der Waals surface area contributed by atoms with Gasteiger partial charge in [0.15, 0.2) is 0 Å². The van der Waals surface area contributed by atoms with Gasteiger partial charge in [-0.15, -0.1) is 0 Å². The summed E-state index contributed by atoms with van der Waals surface area (Å²) >= 11 is 0. The van der Waals surface area contributed by atoms with Gasteiger partial charge in [0.1, 0.15) is 0 Å². The number of rotatable bonds is 6. The lowest BCUT2D eigenvalue weighted by atomic mass is 9.90. The average molecular weight is 512 g/mol. The average Bonchev–Trinajstić information content (AvgIpc) is 3.32. The summed E-state index contributed by atoms with van der Waals surface area (Å²) in [5.41, 5.74) is 6.97. The SMILES string of the molecule is c1ccc(CN2CCC(n3cc(-c4cnc5ncc(C6(c7cccc8cccnc78)CC6)n5c4)cn3)C2)cc1. The number of likely N-dealkylation sites (tertiary alicyclic amines) is 1. The number of pyridine rings is 1. The lowest BCUT2D eigenvalue weighted by Gasteiger charge is -2.17. The van der Waals surface area contributed by atoms with Gasteiger partial charge in [0.25, 0.3) is 0 Å². The Morgan fingerprint density at radius 1 is 0.821 bits per heavy atom. The van der Waals surface area contributed by atoms with Crippen molar-refractivity contribution in [2.75, 3.05) is 13.1 Å². The van der Waals surface area contributed by atoms with Crippen LogP contribution in [0.2, 0.25) is 0 Å². The number of fused-ring (bicyclic) bond motifs is 2. The summed E-state index contributed by atoms with van der Waals surface area (Å²) in [4.78, 5) is 16.7. The first-order valence-electron chi connectivity index (χ1n) is 13.8. The van der Waals surface area contributed by atoms with Crippen LogP contribution in [0.3, 0.4) is 0 Å². The molecule has 5 heterocycles. The molecule has 8 rings (SSSR count). The van der Waals surface area contributed by atoms with Gasteiger partial charge in [-0.25, -0.2) is 9.97 Å².